The largest absolute Gasteiger partial charge is 0.380 e. The first-order chi connectivity index (χ1) is 7.65. The minimum Gasteiger partial charge on any atom is -0.380 e. The summed E-state index contributed by atoms with van der Waals surface area (Å²) in [5.41, 5.74) is 2.44. The van der Waals surface area contributed by atoms with Crippen LogP contribution >= 0.6 is 43.2 Å². The van der Waals surface area contributed by atoms with Crippen molar-refractivity contribution in [3.8, 4) is 0 Å². The van der Waals surface area contributed by atoms with Crippen LogP contribution in [0.4, 0.5) is 5.69 Å². The van der Waals surface area contributed by atoms with Crippen molar-refractivity contribution in [1.29, 1.82) is 0 Å². The molecule has 2 aromatic rings. The molecule has 0 atom stereocenters. The van der Waals surface area contributed by atoms with Crippen LogP contribution in [0.25, 0.3) is 0 Å². The molecule has 1 aromatic carbocycles. The maximum atomic E-state index is 3.48. The van der Waals surface area contributed by atoms with E-state index in [0.717, 1.165) is 11.0 Å². The summed E-state index contributed by atoms with van der Waals surface area (Å²) in [4.78, 5) is 1.33. The van der Waals surface area contributed by atoms with Gasteiger partial charge in [0.1, 0.15) is 0 Å². The second kappa shape index (κ2) is 5.34. The highest BCUT2D eigenvalue weighted by Gasteiger charge is 2.01. The second-order valence-electron chi connectivity index (χ2n) is 3.52. The third-order valence-corrected chi connectivity index (χ3v) is 4.40. The summed E-state index contributed by atoms with van der Waals surface area (Å²) in [6.07, 6.45) is 0. The lowest BCUT2D eigenvalue weighted by Crippen LogP contribution is -1.99. The van der Waals surface area contributed by atoms with Gasteiger partial charge in [0.25, 0.3) is 0 Å². The summed E-state index contributed by atoms with van der Waals surface area (Å²) < 4.78 is 2.28. The summed E-state index contributed by atoms with van der Waals surface area (Å²) in [6, 6.07) is 10.5. The van der Waals surface area contributed by atoms with E-state index < -0.39 is 0 Å². The Balaban J connectivity index is 2.07. The van der Waals surface area contributed by atoms with E-state index in [1.165, 1.54) is 19.9 Å². The van der Waals surface area contributed by atoms with Crippen molar-refractivity contribution in [3.05, 3.63) is 49.0 Å². The Bertz CT molecular complexity index is 494. The highest BCUT2D eigenvalue weighted by molar-refractivity contribution is 9.11. The first-order valence-electron chi connectivity index (χ1n) is 4.89. The van der Waals surface area contributed by atoms with Crippen LogP contribution in [0.1, 0.15) is 10.4 Å². The van der Waals surface area contributed by atoms with Gasteiger partial charge in [-0.3, -0.25) is 0 Å². The van der Waals surface area contributed by atoms with Gasteiger partial charge in [0.05, 0.1) is 3.79 Å². The Morgan fingerprint density at radius 3 is 2.69 bits per heavy atom. The van der Waals surface area contributed by atoms with Crippen LogP contribution in [0.15, 0.2) is 38.6 Å². The van der Waals surface area contributed by atoms with Gasteiger partial charge in [-0.25, -0.2) is 0 Å². The average Bonchev–Trinajstić information content (AvgIpc) is 2.66. The van der Waals surface area contributed by atoms with Crippen molar-refractivity contribution in [3.63, 3.8) is 0 Å². The number of aryl methyl sites for hydroxylation is 1. The maximum Gasteiger partial charge on any atom is 0.0702 e. The number of thiophene rings is 1. The monoisotopic (exact) mass is 359 g/mol. The van der Waals surface area contributed by atoms with Crippen LogP contribution in [0.3, 0.4) is 0 Å². The Labute approximate surface area is 116 Å². The van der Waals surface area contributed by atoms with Gasteiger partial charge < -0.3 is 5.32 Å². The normalized spacial score (nSPS) is 10.4. The first kappa shape index (κ1) is 12.1. The zero-order chi connectivity index (χ0) is 11.5. The maximum absolute atomic E-state index is 3.48. The lowest BCUT2D eigenvalue weighted by atomic mass is 10.2. The fourth-order valence-corrected chi connectivity index (χ4v) is 3.20. The predicted octanol–water partition coefficient (Wildman–Crippen LogP) is 5.19. The van der Waals surface area contributed by atoms with Crippen molar-refractivity contribution < 1.29 is 0 Å². The minimum atomic E-state index is 0.869. The van der Waals surface area contributed by atoms with Crippen LogP contribution in [-0.4, -0.2) is 0 Å². The van der Waals surface area contributed by atoms with E-state index in [1.807, 2.05) is 0 Å². The smallest absolute Gasteiger partial charge is 0.0702 e. The van der Waals surface area contributed by atoms with Gasteiger partial charge in [-0.15, -0.1) is 11.3 Å². The summed E-state index contributed by atoms with van der Waals surface area (Å²) in [6.45, 7) is 2.98. The standard InChI is InChI=1S/C12H11Br2NS/c1-8-2-3-9(13)6-11(8)15-7-10-4-5-12(14)16-10/h2-6,15H,7H2,1H3. The summed E-state index contributed by atoms with van der Waals surface area (Å²) in [5, 5.41) is 3.44. The number of nitrogens with one attached hydrogen (secondary N) is 1. The molecular weight excluding hydrogens is 350 g/mol. The molecular formula is C12H11Br2NS. The molecule has 0 aliphatic rings. The van der Waals surface area contributed by atoms with Crippen molar-refractivity contribution in [2.24, 2.45) is 0 Å². The molecule has 0 amide bonds. The highest BCUT2D eigenvalue weighted by Crippen LogP contribution is 2.25. The van der Waals surface area contributed by atoms with Crippen molar-refractivity contribution >= 4 is 48.9 Å². The molecule has 0 unspecified atom stereocenters. The fraction of sp³-hybridized carbons (Fsp3) is 0.167. The Morgan fingerprint density at radius 2 is 2.00 bits per heavy atom. The molecule has 16 heavy (non-hydrogen) atoms. The molecule has 1 nitrogen and oxygen atoms in total. The van der Waals surface area contributed by atoms with Crippen molar-refractivity contribution in [1.82, 2.24) is 0 Å². The zero-order valence-corrected chi connectivity index (χ0v) is 12.7. The Morgan fingerprint density at radius 1 is 1.19 bits per heavy atom. The minimum absolute atomic E-state index is 0.869. The van der Waals surface area contributed by atoms with Gasteiger partial charge in [-0.1, -0.05) is 22.0 Å². The van der Waals surface area contributed by atoms with Gasteiger partial charge in [-0.2, -0.15) is 0 Å². The molecule has 0 aliphatic carbocycles. The van der Waals surface area contributed by atoms with Gasteiger partial charge in [0.15, 0.2) is 0 Å². The summed E-state index contributed by atoms with van der Waals surface area (Å²) >= 11 is 8.71. The molecule has 0 aliphatic heterocycles. The quantitative estimate of drug-likeness (QED) is 0.793. The van der Waals surface area contributed by atoms with Crippen LogP contribution in [0.2, 0.25) is 0 Å². The van der Waals surface area contributed by atoms with E-state index in [2.05, 4.69) is 74.4 Å². The SMILES string of the molecule is Cc1ccc(Br)cc1NCc1ccc(Br)s1. The first-order valence-corrected chi connectivity index (χ1v) is 7.29. The number of halogens is 2. The molecule has 0 saturated heterocycles. The Kier molecular flexibility index (Phi) is 4.05. The van der Waals surface area contributed by atoms with Crippen LogP contribution in [-0.2, 0) is 6.54 Å². The lowest BCUT2D eigenvalue weighted by molar-refractivity contribution is 1.18. The van der Waals surface area contributed by atoms with E-state index >= 15 is 0 Å². The van der Waals surface area contributed by atoms with Gasteiger partial charge in [0.2, 0.25) is 0 Å². The van der Waals surface area contributed by atoms with E-state index in [0.29, 0.717) is 0 Å². The Hall–Kier alpha value is -0.320. The van der Waals surface area contributed by atoms with Gasteiger partial charge in [-0.05, 0) is 52.7 Å². The van der Waals surface area contributed by atoms with Gasteiger partial charge >= 0.3 is 0 Å². The number of anilines is 1. The number of rotatable bonds is 3. The third-order valence-electron chi connectivity index (χ3n) is 2.28. The van der Waals surface area contributed by atoms with Crippen LogP contribution < -0.4 is 5.32 Å². The highest BCUT2D eigenvalue weighted by atomic mass is 79.9. The van der Waals surface area contributed by atoms with E-state index in [9.17, 15) is 0 Å². The molecule has 84 valence electrons. The zero-order valence-electron chi connectivity index (χ0n) is 8.76. The predicted molar refractivity (Wildman–Crippen MR) is 78.2 cm³/mol. The molecule has 0 spiro atoms. The average molecular weight is 361 g/mol. The molecule has 0 bridgehead atoms. The van der Waals surface area contributed by atoms with E-state index in [1.54, 1.807) is 11.3 Å². The summed E-state index contributed by atoms with van der Waals surface area (Å²) in [5.74, 6) is 0. The van der Waals surface area contributed by atoms with Crippen LogP contribution in [0.5, 0.6) is 0 Å². The molecule has 2 rings (SSSR count). The van der Waals surface area contributed by atoms with Crippen LogP contribution in [0, 0.1) is 6.92 Å². The van der Waals surface area contributed by atoms with E-state index in [4.69, 9.17) is 0 Å². The third kappa shape index (κ3) is 3.09. The number of benzene rings is 1. The van der Waals surface area contributed by atoms with Crippen molar-refractivity contribution in [2.75, 3.05) is 5.32 Å². The lowest BCUT2D eigenvalue weighted by Gasteiger charge is -2.08. The fourth-order valence-electron chi connectivity index (χ4n) is 1.41. The molecule has 0 saturated carbocycles. The summed E-state index contributed by atoms with van der Waals surface area (Å²) in [7, 11) is 0. The second-order valence-corrected chi connectivity index (χ2v) is 6.98. The molecule has 1 heterocycles. The van der Waals surface area contributed by atoms with Gasteiger partial charge in [0, 0.05) is 21.6 Å². The number of hydrogen-bond acceptors (Lipinski definition) is 2. The number of hydrogen-bond donors (Lipinski definition) is 1. The molecule has 4 heteroatoms. The van der Waals surface area contributed by atoms with E-state index in [-0.39, 0.29) is 0 Å². The topological polar surface area (TPSA) is 12.0 Å². The molecule has 1 aromatic heterocycles. The molecule has 1 N–H and O–H groups in total. The molecule has 0 fully saturated rings. The van der Waals surface area contributed by atoms with Crippen molar-refractivity contribution in [2.45, 2.75) is 13.5 Å². The molecule has 0 radical (unpaired) electrons.